The summed E-state index contributed by atoms with van der Waals surface area (Å²) in [5.74, 6) is 0.439. The zero-order valence-electron chi connectivity index (χ0n) is 8.06. The highest BCUT2D eigenvalue weighted by molar-refractivity contribution is 7.80. The minimum atomic E-state index is 0.244. The van der Waals surface area contributed by atoms with E-state index in [0.29, 0.717) is 5.92 Å². The Labute approximate surface area is 90.4 Å². The average molecular weight is 205 g/mol. The molecule has 2 heteroatoms. The third kappa shape index (κ3) is 1.86. The molecule has 0 amide bonds. The van der Waals surface area contributed by atoms with E-state index in [1.54, 1.807) is 0 Å². The van der Waals surface area contributed by atoms with Gasteiger partial charge in [-0.3, -0.25) is 0 Å². The largest absolute Gasteiger partial charge is 0.327 e. The molecule has 14 heavy (non-hydrogen) atoms. The van der Waals surface area contributed by atoms with Crippen molar-refractivity contribution in [3.05, 3.63) is 42.0 Å². The molecule has 74 valence electrons. The Hall–Kier alpha value is -0.730. The third-order valence-corrected chi connectivity index (χ3v) is 3.23. The molecule has 0 spiro atoms. The smallest absolute Gasteiger partial charge is 0.0146 e. The van der Waals surface area contributed by atoms with Crippen LogP contribution in [-0.4, -0.2) is 6.04 Å². The van der Waals surface area contributed by atoms with Gasteiger partial charge in [-0.15, -0.1) is 12.6 Å². The predicted octanol–water partition coefficient (Wildman–Crippen LogP) is 2.74. The van der Waals surface area contributed by atoms with E-state index in [1.165, 1.54) is 5.56 Å². The molecule has 1 aliphatic rings. The van der Waals surface area contributed by atoms with Crippen molar-refractivity contribution in [1.82, 2.24) is 0 Å². The molecule has 1 aromatic carbocycles. The van der Waals surface area contributed by atoms with Crippen LogP contribution in [0.2, 0.25) is 0 Å². The number of benzene rings is 1. The van der Waals surface area contributed by atoms with Crippen LogP contribution in [-0.2, 0) is 0 Å². The van der Waals surface area contributed by atoms with Gasteiger partial charge in [-0.1, -0.05) is 30.4 Å². The lowest BCUT2D eigenvalue weighted by molar-refractivity contribution is 0.515. The first-order valence-electron chi connectivity index (χ1n) is 4.97. The highest BCUT2D eigenvalue weighted by atomic mass is 32.1. The summed E-state index contributed by atoms with van der Waals surface area (Å²) in [5, 5.41) is 0. The maximum atomic E-state index is 6.09. The Morgan fingerprint density at radius 3 is 2.57 bits per heavy atom. The minimum absolute atomic E-state index is 0.244. The number of allylic oxidation sites excluding steroid dienone is 1. The summed E-state index contributed by atoms with van der Waals surface area (Å²) in [6, 6.07) is 8.47. The van der Waals surface area contributed by atoms with Crippen molar-refractivity contribution in [2.75, 3.05) is 0 Å². The van der Waals surface area contributed by atoms with Crippen molar-refractivity contribution in [2.45, 2.75) is 29.7 Å². The van der Waals surface area contributed by atoms with Gasteiger partial charge >= 0.3 is 0 Å². The molecule has 0 aliphatic heterocycles. The van der Waals surface area contributed by atoms with Crippen LogP contribution in [0.4, 0.5) is 0 Å². The van der Waals surface area contributed by atoms with Crippen molar-refractivity contribution in [2.24, 2.45) is 5.73 Å². The summed E-state index contributed by atoms with van der Waals surface area (Å²) < 4.78 is 0. The lowest BCUT2D eigenvalue weighted by Crippen LogP contribution is -2.29. The quantitative estimate of drug-likeness (QED) is 0.535. The number of hydrogen-bond acceptors (Lipinski definition) is 2. The fraction of sp³-hybridized carbons (Fsp3) is 0.333. The summed E-state index contributed by atoms with van der Waals surface area (Å²) in [6.07, 6.45) is 6.40. The van der Waals surface area contributed by atoms with Crippen LogP contribution < -0.4 is 5.73 Å². The maximum absolute atomic E-state index is 6.09. The molecule has 2 N–H and O–H groups in total. The molecule has 0 radical (unpaired) electrons. The van der Waals surface area contributed by atoms with Gasteiger partial charge in [0.05, 0.1) is 0 Å². The maximum Gasteiger partial charge on any atom is 0.0146 e. The van der Waals surface area contributed by atoms with Crippen LogP contribution in [0.15, 0.2) is 41.3 Å². The molecule has 0 bridgehead atoms. The summed E-state index contributed by atoms with van der Waals surface area (Å²) in [6.45, 7) is 0. The van der Waals surface area contributed by atoms with E-state index in [-0.39, 0.29) is 6.04 Å². The van der Waals surface area contributed by atoms with Crippen LogP contribution in [0.25, 0.3) is 0 Å². The van der Waals surface area contributed by atoms with E-state index >= 15 is 0 Å². The highest BCUT2D eigenvalue weighted by Gasteiger charge is 2.21. The van der Waals surface area contributed by atoms with Gasteiger partial charge in [-0.2, -0.15) is 0 Å². The van der Waals surface area contributed by atoms with Gasteiger partial charge in [0.15, 0.2) is 0 Å². The van der Waals surface area contributed by atoms with Gasteiger partial charge in [0.1, 0.15) is 0 Å². The van der Waals surface area contributed by atoms with Gasteiger partial charge in [-0.05, 0) is 24.5 Å². The summed E-state index contributed by atoms with van der Waals surface area (Å²) in [5.41, 5.74) is 7.38. The summed E-state index contributed by atoms with van der Waals surface area (Å²) >= 11 is 4.47. The highest BCUT2D eigenvalue weighted by Crippen LogP contribution is 2.31. The SMILES string of the molecule is N[C@@H]1CC=CC[C@H]1c1ccccc1S. The Balaban J connectivity index is 2.30. The Bertz CT molecular complexity index is 346. The molecule has 2 atom stereocenters. The number of rotatable bonds is 1. The first kappa shape index (κ1) is 9.81. The second kappa shape index (κ2) is 4.20. The van der Waals surface area contributed by atoms with Crippen LogP contribution in [0.5, 0.6) is 0 Å². The van der Waals surface area contributed by atoms with E-state index in [2.05, 4.69) is 36.9 Å². The van der Waals surface area contributed by atoms with Crippen molar-refractivity contribution < 1.29 is 0 Å². The van der Waals surface area contributed by atoms with Crippen molar-refractivity contribution in [3.63, 3.8) is 0 Å². The molecule has 2 rings (SSSR count). The summed E-state index contributed by atoms with van der Waals surface area (Å²) in [4.78, 5) is 1.06. The van der Waals surface area contributed by atoms with E-state index in [9.17, 15) is 0 Å². The standard InChI is InChI=1S/C12H15NS/c13-11-7-3-1-5-9(11)10-6-2-4-8-12(10)14/h1-4,6,8-9,11,14H,5,7,13H2/t9-,11+/m0/s1. The third-order valence-electron chi connectivity index (χ3n) is 2.82. The fourth-order valence-electron chi connectivity index (χ4n) is 1.99. The van der Waals surface area contributed by atoms with Gasteiger partial charge in [0.25, 0.3) is 0 Å². The lowest BCUT2D eigenvalue weighted by Gasteiger charge is -2.26. The van der Waals surface area contributed by atoms with Crippen LogP contribution in [0, 0.1) is 0 Å². The fourth-order valence-corrected chi connectivity index (χ4v) is 2.32. The number of hydrogen-bond donors (Lipinski definition) is 2. The zero-order valence-corrected chi connectivity index (χ0v) is 8.95. The van der Waals surface area contributed by atoms with Crippen LogP contribution >= 0.6 is 12.6 Å². The van der Waals surface area contributed by atoms with Crippen LogP contribution in [0.3, 0.4) is 0 Å². The molecule has 1 nitrogen and oxygen atoms in total. The van der Waals surface area contributed by atoms with Crippen molar-refractivity contribution >= 4 is 12.6 Å². The zero-order chi connectivity index (χ0) is 9.97. The van der Waals surface area contributed by atoms with Crippen LogP contribution in [0.1, 0.15) is 24.3 Å². The van der Waals surface area contributed by atoms with E-state index in [4.69, 9.17) is 5.73 Å². The second-order valence-electron chi connectivity index (χ2n) is 3.77. The van der Waals surface area contributed by atoms with Crippen molar-refractivity contribution in [3.8, 4) is 0 Å². The molecule has 0 heterocycles. The van der Waals surface area contributed by atoms with Crippen molar-refractivity contribution in [1.29, 1.82) is 0 Å². The first-order chi connectivity index (χ1) is 6.79. The van der Waals surface area contributed by atoms with Gasteiger partial charge in [-0.25, -0.2) is 0 Å². The first-order valence-corrected chi connectivity index (χ1v) is 5.42. The van der Waals surface area contributed by atoms with E-state index in [0.717, 1.165) is 17.7 Å². The molecule has 1 aromatic rings. The molecular formula is C12H15NS. The molecule has 0 saturated heterocycles. The van der Waals surface area contributed by atoms with Gasteiger partial charge in [0, 0.05) is 16.9 Å². The van der Waals surface area contributed by atoms with Gasteiger partial charge in [0.2, 0.25) is 0 Å². The summed E-state index contributed by atoms with van der Waals surface area (Å²) in [7, 11) is 0. The lowest BCUT2D eigenvalue weighted by atomic mass is 9.84. The Kier molecular flexibility index (Phi) is 2.94. The minimum Gasteiger partial charge on any atom is -0.327 e. The molecule has 0 aromatic heterocycles. The predicted molar refractivity (Wildman–Crippen MR) is 62.8 cm³/mol. The molecule has 1 aliphatic carbocycles. The molecular weight excluding hydrogens is 190 g/mol. The molecule has 0 unspecified atom stereocenters. The monoisotopic (exact) mass is 205 g/mol. The van der Waals surface area contributed by atoms with E-state index < -0.39 is 0 Å². The number of nitrogens with two attached hydrogens (primary N) is 1. The topological polar surface area (TPSA) is 26.0 Å². The second-order valence-corrected chi connectivity index (χ2v) is 4.25. The number of thiol groups is 1. The molecule has 0 fully saturated rings. The Morgan fingerprint density at radius 1 is 1.14 bits per heavy atom. The van der Waals surface area contributed by atoms with E-state index in [1.807, 2.05) is 12.1 Å². The normalized spacial score (nSPS) is 26.4. The Morgan fingerprint density at radius 2 is 1.86 bits per heavy atom. The molecule has 0 saturated carbocycles. The average Bonchev–Trinajstić information content (AvgIpc) is 2.20. The van der Waals surface area contributed by atoms with Gasteiger partial charge < -0.3 is 5.73 Å².